The lowest BCUT2D eigenvalue weighted by Gasteiger charge is -2.03. The molecule has 0 atom stereocenters. The summed E-state index contributed by atoms with van der Waals surface area (Å²) in [5, 5.41) is 8.75. The Labute approximate surface area is 120 Å². The lowest BCUT2D eigenvalue weighted by atomic mass is 10.1. The van der Waals surface area contributed by atoms with Crippen LogP contribution >= 0.6 is 0 Å². The summed E-state index contributed by atoms with van der Waals surface area (Å²) in [6, 6.07) is 17.3. The molecule has 1 aromatic heterocycles. The van der Waals surface area contributed by atoms with Gasteiger partial charge in [0.05, 0.1) is 0 Å². The number of carbonyl (C=O) groups is 1. The van der Waals surface area contributed by atoms with Crippen molar-refractivity contribution in [3.05, 3.63) is 66.6 Å². The highest BCUT2D eigenvalue weighted by molar-refractivity contribution is 5.84. The number of oxazole rings is 1. The van der Waals surface area contributed by atoms with Crippen molar-refractivity contribution in [2.45, 2.75) is 0 Å². The van der Waals surface area contributed by atoms with Gasteiger partial charge < -0.3 is 14.3 Å². The molecule has 0 saturated heterocycles. The third-order valence-electron chi connectivity index (χ3n) is 2.87. The first kappa shape index (κ1) is 12.9. The molecule has 5 nitrogen and oxygen atoms in total. The van der Waals surface area contributed by atoms with Crippen LogP contribution in [0.1, 0.15) is 10.5 Å². The van der Waals surface area contributed by atoms with Crippen LogP contribution < -0.4 is 4.74 Å². The van der Waals surface area contributed by atoms with E-state index in [0.717, 1.165) is 17.4 Å². The van der Waals surface area contributed by atoms with Crippen LogP contribution in [0.15, 0.2) is 65.3 Å². The molecule has 21 heavy (non-hydrogen) atoms. The molecule has 0 amide bonds. The number of rotatable bonds is 4. The maximum Gasteiger partial charge on any atom is 0.399 e. The summed E-state index contributed by atoms with van der Waals surface area (Å²) >= 11 is 0. The molecular weight excluding hydrogens is 270 g/mol. The molecule has 0 fully saturated rings. The van der Waals surface area contributed by atoms with Crippen molar-refractivity contribution >= 4 is 5.97 Å². The summed E-state index contributed by atoms with van der Waals surface area (Å²) in [5.74, 6) is -0.638. The predicted molar refractivity (Wildman–Crippen MR) is 75.4 cm³/mol. The fourth-order valence-electron chi connectivity index (χ4n) is 1.85. The highest BCUT2D eigenvalue weighted by Crippen LogP contribution is 2.25. The molecule has 104 valence electrons. The van der Waals surface area contributed by atoms with Gasteiger partial charge in [0.25, 0.3) is 0 Å². The van der Waals surface area contributed by atoms with E-state index in [9.17, 15) is 4.79 Å². The Balaban J connectivity index is 1.76. The quantitative estimate of drug-likeness (QED) is 0.786. The summed E-state index contributed by atoms with van der Waals surface area (Å²) in [6.07, 6.45) is 0.940. The molecule has 1 N–H and O–H groups in total. The third-order valence-corrected chi connectivity index (χ3v) is 2.87. The smallest absolute Gasteiger partial charge is 0.399 e. The molecule has 0 bridgehead atoms. The lowest BCUT2D eigenvalue weighted by Crippen LogP contribution is -1.95. The maximum atomic E-state index is 10.7. The van der Waals surface area contributed by atoms with Gasteiger partial charge in [0.2, 0.25) is 0 Å². The molecule has 2 aromatic carbocycles. The van der Waals surface area contributed by atoms with Gasteiger partial charge in [-0.1, -0.05) is 42.5 Å². The number of ether oxygens (including phenoxy) is 1. The zero-order valence-electron chi connectivity index (χ0n) is 10.9. The van der Waals surface area contributed by atoms with E-state index in [0.29, 0.717) is 5.75 Å². The van der Waals surface area contributed by atoms with E-state index < -0.39 is 5.97 Å². The second kappa shape index (κ2) is 5.50. The van der Waals surface area contributed by atoms with Crippen LogP contribution in [-0.4, -0.2) is 16.1 Å². The van der Waals surface area contributed by atoms with Gasteiger partial charge in [-0.2, -0.15) is 4.98 Å². The summed E-state index contributed by atoms with van der Waals surface area (Å²) in [5.41, 5.74) is 1.97. The van der Waals surface area contributed by atoms with E-state index in [2.05, 4.69) is 4.98 Å². The maximum absolute atomic E-state index is 10.7. The molecule has 1 heterocycles. The van der Waals surface area contributed by atoms with E-state index >= 15 is 0 Å². The largest absolute Gasteiger partial charge is 0.476 e. The van der Waals surface area contributed by atoms with E-state index in [-0.39, 0.29) is 11.8 Å². The van der Waals surface area contributed by atoms with E-state index in [1.54, 1.807) is 12.1 Å². The molecule has 3 rings (SSSR count). The highest BCUT2D eigenvalue weighted by atomic mass is 16.6. The molecule has 0 saturated carbocycles. The minimum atomic E-state index is -1.16. The van der Waals surface area contributed by atoms with Crippen molar-refractivity contribution in [3.63, 3.8) is 0 Å². The van der Waals surface area contributed by atoms with E-state index in [1.807, 2.05) is 42.5 Å². The minimum Gasteiger partial charge on any atom is -0.476 e. The van der Waals surface area contributed by atoms with Gasteiger partial charge in [-0.15, -0.1) is 0 Å². The number of carboxylic acids is 1. The van der Waals surface area contributed by atoms with Crippen LogP contribution in [0.2, 0.25) is 0 Å². The molecular formula is C16H11NO4. The van der Waals surface area contributed by atoms with Crippen LogP contribution in [-0.2, 0) is 0 Å². The van der Waals surface area contributed by atoms with Gasteiger partial charge >= 0.3 is 12.0 Å². The fraction of sp³-hybridized carbons (Fsp3) is 0. The molecule has 0 unspecified atom stereocenters. The van der Waals surface area contributed by atoms with Crippen molar-refractivity contribution < 1.29 is 19.1 Å². The first-order valence-electron chi connectivity index (χ1n) is 6.24. The Morgan fingerprint density at radius 3 is 2.29 bits per heavy atom. The Morgan fingerprint density at radius 2 is 1.67 bits per heavy atom. The number of hydrogen-bond donors (Lipinski definition) is 1. The Morgan fingerprint density at radius 1 is 1.00 bits per heavy atom. The van der Waals surface area contributed by atoms with Gasteiger partial charge in [-0.3, -0.25) is 0 Å². The monoisotopic (exact) mass is 281 g/mol. The highest BCUT2D eigenvalue weighted by Gasteiger charge is 2.11. The molecule has 0 aliphatic rings. The van der Waals surface area contributed by atoms with Crippen LogP contribution in [0.3, 0.4) is 0 Å². The van der Waals surface area contributed by atoms with Crippen molar-refractivity contribution in [3.8, 4) is 23.0 Å². The molecule has 0 spiro atoms. The average Bonchev–Trinajstić information content (AvgIpc) is 2.98. The third kappa shape index (κ3) is 2.92. The van der Waals surface area contributed by atoms with Gasteiger partial charge in [-0.25, -0.2) is 4.79 Å². The Kier molecular flexibility index (Phi) is 3.39. The van der Waals surface area contributed by atoms with Crippen LogP contribution in [0.25, 0.3) is 11.1 Å². The van der Waals surface area contributed by atoms with E-state index in [1.165, 1.54) is 0 Å². The standard InChI is InChI=1S/C16H11NO4/c18-15(19)14-10-20-16(17-14)21-13-8-6-12(7-9-13)11-4-2-1-3-5-11/h1-10H,(H,18,19). The molecule has 0 aliphatic carbocycles. The number of hydrogen-bond acceptors (Lipinski definition) is 4. The zero-order chi connectivity index (χ0) is 14.7. The summed E-state index contributed by atoms with van der Waals surface area (Å²) in [4.78, 5) is 14.4. The second-order valence-electron chi connectivity index (χ2n) is 4.30. The van der Waals surface area contributed by atoms with Gasteiger partial charge in [-0.05, 0) is 23.3 Å². The molecule has 0 aliphatic heterocycles. The SMILES string of the molecule is O=C(O)c1coc(Oc2ccc(-c3ccccc3)cc2)n1. The Hall–Kier alpha value is -3.08. The van der Waals surface area contributed by atoms with Gasteiger partial charge in [0.1, 0.15) is 12.0 Å². The minimum absolute atomic E-state index is 0.0974. The second-order valence-corrected chi connectivity index (χ2v) is 4.30. The fourth-order valence-corrected chi connectivity index (χ4v) is 1.85. The number of aromatic nitrogens is 1. The average molecular weight is 281 g/mol. The topological polar surface area (TPSA) is 72.6 Å². The first-order chi connectivity index (χ1) is 10.2. The normalized spacial score (nSPS) is 10.3. The summed E-state index contributed by atoms with van der Waals surface area (Å²) < 4.78 is 10.3. The van der Waals surface area contributed by atoms with E-state index in [4.69, 9.17) is 14.3 Å². The van der Waals surface area contributed by atoms with Crippen molar-refractivity contribution in [2.75, 3.05) is 0 Å². The van der Waals surface area contributed by atoms with Crippen LogP contribution in [0.5, 0.6) is 11.8 Å². The van der Waals surface area contributed by atoms with Crippen molar-refractivity contribution in [2.24, 2.45) is 0 Å². The number of nitrogens with zero attached hydrogens (tertiary/aromatic N) is 1. The lowest BCUT2D eigenvalue weighted by molar-refractivity contribution is 0.0690. The number of carboxylic acid groups (broad SMARTS) is 1. The Bertz CT molecular complexity index is 747. The first-order valence-corrected chi connectivity index (χ1v) is 6.24. The molecule has 5 heteroatoms. The predicted octanol–water partition coefficient (Wildman–Crippen LogP) is 3.83. The van der Waals surface area contributed by atoms with Gasteiger partial charge in [0, 0.05) is 0 Å². The summed E-state index contributed by atoms with van der Waals surface area (Å²) in [7, 11) is 0. The molecule has 3 aromatic rings. The van der Waals surface area contributed by atoms with Crippen molar-refractivity contribution in [1.82, 2.24) is 4.98 Å². The molecule has 0 radical (unpaired) electrons. The number of aromatic carboxylic acids is 1. The number of benzene rings is 2. The van der Waals surface area contributed by atoms with Gasteiger partial charge in [0.15, 0.2) is 5.69 Å². The van der Waals surface area contributed by atoms with Crippen molar-refractivity contribution in [1.29, 1.82) is 0 Å². The zero-order valence-corrected chi connectivity index (χ0v) is 10.9. The van der Waals surface area contributed by atoms with Crippen LogP contribution in [0, 0.1) is 0 Å². The van der Waals surface area contributed by atoms with Crippen LogP contribution in [0.4, 0.5) is 0 Å². The summed E-state index contributed by atoms with van der Waals surface area (Å²) in [6.45, 7) is 0.